The van der Waals surface area contributed by atoms with Crippen molar-refractivity contribution in [1.82, 2.24) is 25.2 Å². The summed E-state index contributed by atoms with van der Waals surface area (Å²) in [4.78, 5) is 32.3. The van der Waals surface area contributed by atoms with Crippen molar-refractivity contribution in [2.75, 3.05) is 6.54 Å². The Balaban J connectivity index is 1.47. The molecule has 0 bridgehead atoms. The number of carbonyl (C=O) groups excluding carboxylic acids is 2. The summed E-state index contributed by atoms with van der Waals surface area (Å²) in [7, 11) is 0. The summed E-state index contributed by atoms with van der Waals surface area (Å²) < 4.78 is 15.2. The summed E-state index contributed by atoms with van der Waals surface area (Å²) in [6.07, 6.45) is 8.93. The van der Waals surface area contributed by atoms with Crippen LogP contribution >= 0.6 is 0 Å². The summed E-state index contributed by atoms with van der Waals surface area (Å²) in [5.41, 5.74) is 0.0817. The Morgan fingerprint density at radius 1 is 1.29 bits per heavy atom. The number of halogens is 1. The van der Waals surface area contributed by atoms with Crippen molar-refractivity contribution in [2.24, 2.45) is 5.92 Å². The van der Waals surface area contributed by atoms with Crippen molar-refractivity contribution in [2.45, 2.75) is 44.4 Å². The molecule has 8 nitrogen and oxygen atoms in total. The van der Waals surface area contributed by atoms with Crippen molar-refractivity contribution < 1.29 is 19.1 Å². The van der Waals surface area contributed by atoms with Crippen LogP contribution in [0.3, 0.4) is 0 Å². The third-order valence-electron chi connectivity index (χ3n) is 4.92. The van der Waals surface area contributed by atoms with E-state index in [1.54, 1.807) is 12.5 Å². The topological polar surface area (TPSA) is 109 Å². The Hall–Kier alpha value is -2.81. The molecule has 2 heterocycles. The quantitative estimate of drug-likeness (QED) is 0.609. The van der Waals surface area contributed by atoms with Crippen molar-refractivity contribution in [1.29, 1.82) is 0 Å². The van der Waals surface area contributed by atoms with Gasteiger partial charge >= 0.3 is 0 Å². The van der Waals surface area contributed by atoms with Gasteiger partial charge in [-0.05, 0) is 31.7 Å². The van der Waals surface area contributed by atoms with E-state index < -0.39 is 23.9 Å². The number of pyridine rings is 1. The number of aliphatic hydroxyl groups excluding tert-OH is 1. The average molecular weight is 389 g/mol. The van der Waals surface area contributed by atoms with E-state index >= 15 is 0 Å². The zero-order valence-corrected chi connectivity index (χ0v) is 15.4. The smallest absolute Gasteiger partial charge is 0.253 e. The van der Waals surface area contributed by atoms with E-state index in [-0.39, 0.29) is 17.4 Å². The molecule has 0 unspecified atom stereocenters. The van der Waals surface area contributed by atoms with E-state index in [1.165, 1.54) is 6.20 Å². The standard InChI is InChI=1S/C19H24FN5O3/c20-15-8-14(10-22-11-15)19(28)24-16-9-13(2-3-17(16)26)18(27)23-4-1-6-25-7-5-21-12-25/h5,7-8,10-13,16-17,26H,1-4,6,9H2,(H,23,27)(H,24,28)/t13-,16+,17+/m0/s1. The lowest BCUT2D eigenvalue weighted by Crippen LogP contribution is -2.49. The van der Waals surface area contributed by atoms with Crippen LogP contribution in [0.4, 0.5) is 4.39 Å². The first kappa shape index (κ1) is 19.9. The molecule has 1 aliphatic rings. The number of rotatable bonds is 7. The highest BCUT2D eigenvalue weighted by Gasteiger charge is 2.33. The number of hydrogen-bond donors (Lipinski definition) is 3. The van der Waals surface area contributed by atoms with Gasteiger partial charge in [-0.25, -0.2) is 9.37 Å². The third kappa shape index (κ3) is 5.35. The van der Waals surface area contributed by atoms with Gasteiger partial charge in [0.05, 0.1) is 30.2 Å². The molecule has 0 aliphatic heterocycles. The lowest BCUT2D eigenvalue weighted by atomic mass is 9.83. The van der Waals surface area contributed by atoms with Crippen LogP contribution in [0.1, 0.15) is 36.0 Å². The Kier molecular flexibility index (Phi) is 6.70. The van der Waals surface area contributed by atoms with E-state index in [2.05, 4.69) is 20.6 Å². The second-order valence-corrected chi connectivity index (χ2v) is 6.99. The number of aromatic nitrogens is 3. The highest BCUT2D eigenvalue weighted by atomic mass is 19.1. The molecule has 2 aromatic rings. The zero-order chi connectivity index (χ0) is 19.9. The van der Waals surface area contributed by atoms with Crippen molar-refractivity contribution >= 4 is 11.8 Å². The lowest BCUT2D eigenvalue weighted by molar-refractivity contribution is -0.127. The Morgan fingerprint density at radius 3 is 2.89 bits per heavy atom. The second-order valence-electron chi connectivity index (χ2n) is 6.99. The zero-order valence-electron chi connectivity index (χ0n) is 15.4. The predicted molar refractivity (Wildman–Crippen MR) is 98.7 cm³/mol. The first-order valence-electron chi connectivity index (χ1n) is 9.36. The predicted octanol–water partition coefficient (Wildman–Crippen LogP) is 0.883. The van der Waals surface area contributed by atoms with Gasteiger partial charge < -0.3 is 20.3 Å². The normalized spacial score (nSPS) is 21.9. The molecule has 150 valence electrons. The van der Waals surface area contributed by atoms with E-state index in [4.69, 9.17) is 0 Å². The van der Waals surface area contributed by atoms with E-state index in [0.29, 0.717) is 25.8 Å². The van der Waals surface area contributed by atoms with Gasteiger partial charge in [-0.1, -0.05) is 0 Å². The van der Waals surface area contributed by atoms with E-state index in [1.807, 2.05) is 10.8 Å². The first-order chi connectivity index (χ1) is 13.5. The SMILES string of the molecule is O=C(N[C@@H]1C[C@@H](C(=O)NCCCn2ccnc2)CC[C@H]1O)c1cncc(F)c1. The fraction of sp³-hybridized carbons (Fsp3) is 0.474. The Morgan fingerprint density at radius 2 is 2.14 bits per heavy atom. The van der Waals surface area contributed by atoms with Gasteiger partial charge in [0, 0.05) is 37.6 Å². The summed E-state index contributed by atoms with van der Waals surface area (Å²) >= 11 is 0. The third-order valence-corrected chi connectivity index (χ3v) is 4.92. The largest absolute Gasteiger partial charge is 0.391 e. The van der Waals surface area contributed by atoms with Crippen LogP contribution in [0.5, 0.6) is 0 Å². The van der Waals surface area contributed by atoms with E-state index in [0.717, 1.165) is 25.2 Å². The Bertz CT molecular complexity index is 799. The van der Waals surface area contributed by atoms with Gasteiger partial charge in [-0.3, -0.25) is 14.6 Å². The van der Waals surface area contributed by atoms with Crippen LogP contribution in [-0.4, -0.2) is 50.1 Å². The average Bonchev–Trinajstić information content (AvgIpc) is 3.20. The molecule has 2 aromatic heterocycles. The van der Waals surface area contributed by atoms with Crippen molar-refractivity contribution in [3.05, 3.63) is 48.6 Å². The Labute approximate surface area is 162 Å². The fourth-order valence-corrected chi connectivity index (χ4v) is 3.37. The van der Waals surface area contributed by atoms with Crippen LogP contribution < -0.4 is 10.6 Å². The molecule has 1 fully saturated rings. The van der Waals surface area contributed by atoms with Gasteiger partial charge in [0.2, 0.25) is 5.91 Å². The number of carbonyl (C=O) groups is 2. The van der Waals surface area contributed by atoms with Gasteiger partial charge in [0.15, 0.2) is 0 Å². The molecule has 3 rings (SSSR count). The number of aliphatic hydroxyl groups is 1. The van der Waals surface area contributed by atoms with Crippen LogP contribution in [-0.2, 0) is 11.3 Å². The number of aryl methyl sites for hydroxylation is 1. The van der Waals surface area contributed by atoms with Crippen LogP contribution in [0, 0.1) is 11.7 Å². The minimum absolute atomic E-state index is 0.0794. The van der Waals surface area contributed by atoms with Crippen molar-refractivity contribution in [3.8, 4) is 0 Å². The summed E-state index contributed by atoms with van der Waals surface area (Å²) in [5.74, 6) is -1.49. The monoisotopic (exact) mass is 389 g/mol. The summed E-state index contributed by atoms with van der Waals surface area (Å²) in [6.45, 7) is 1.31. The maximum Gasteiger partial charge on any atom is 0.253 e. The van der Waals surface area contributed by atoms with Crippen LogP contribution in [0.15, 0.2) is 37.2 Å². The highest BCUT2D eigenvalue weighted by Crippen LogP contribution is 2.25. The number of hydrogen-bond acceptors (Lipinski definition) is 5. The number of amides is 2. The maximum atomic E-state index is 13.2. The fourth-order valence-electron chi connectivity index (χ4n) is 3.37. The molecule has 9 heteroatoms. The highest BCUT2D eigenvalue weighted by molar-refractivity contribution is 5.94. The van der Waals surface area contributed by atoms with Gasteiger partial charge in [-0.15, -0.1) is 0 Å². The molecule has 0 spiro atoms. The van der Waals surface area contributed by atoms with Crippen LogP contribution in [0.25, 0.3) is 0 Å². The number of nitrogens with one attached hydrogen (secondary N) is 2. The van der Waals surface area contributed by atoms with Crippen molar-refractivity contribution in [3.63, 3.8) is 0 Å². The maximum absolute atomic E-state index is 13.2. The summed E-state index contributed by atoms with van der Waals surface area (Å²) in [6, 6.07) is 0.522. The minimum atomic E-state index is -0.740. The lowest BCUT2D eigenvalue weighted by Gasteiger charge is -2.33. The molecule has 28 heavy (non-hydrogen) atoms. The molecule has 1 aliphatic carbocycles. The van der Waals surface area contributed by atoms with Gasteiger partial charge in [0.25, 0.3) is 5.91 Å². The molecule has 0 radical (unpaired) electrons. The molecule has 3 atom stereocenters. The first-order valence-corrected chi connectivity index (χ1v) is 9.36. The van der Waals surface area contributed by atoms with Gasteiger partial charge in [0.1, 0.15) is 5.82 Å². The second kappa shape index (κ2) is 9.41. The number of nitrogens with zero attached hydrogens (tertiary/aromatic N) is 3. The van der Waals surface area contributed by atoms with Gasteiger partial charge in [-0.2, -0.15) is 0 Å². The molecular weight excluding hydrogens is 365 g/mol. The number of imidazole rings is 1. The van der Waals surface area contributed by atoms with Crippen LogP contribution in [0.2, 0.25) is 0 Å². The molecule has 3 N–H and O–H groups in total. The molecule has 0 saturated heterocycles. The summed E-state index contributed by atoms with van der Waals surface area (Å²) in [5, 5.41) is 15.8. The molecule has 1 saturated carbocycles. The molecule has 2 amide bonds. The minimum Gasteiger partial charge on any atom is -0.391 e. The molecular formula is C19H24FN5O3. The van der Waals surface area contributed by atoms with E-state index in [9.17, 15) is 19.1 Å². The molecule has 0 aromatic carbocycles.